The van der Waals surface area contributed by atoms with Crippen molar-refractivity contribution in [1.82, 2.24) is 28.7 Å². The first-order valence-corrected chi connectivity index (χ1v) is 12.3. The molecule has 5 aromatic rings. The summed E-state index contributed by atoms with van der Waals surface area (Å²) in [6.07, 6.45) is 3.63. The summed E-state index contributed by atoms with van der Waals surface area (Å²) in [5.74, 6) is 0.686. The van der Waals surface area contributed by atoms with Gasteiger partial charge in [0.2, 0.25) is 5.95 Å². The highest BCUT2D eigenvalue weighted by Crippen LogP contribution is 2.26. The molecule has 1 atom stereocenters. The lowest BCUT2D eigenvalue weighted by Gasteiger charge is -2.31. The molecule has 2 N–H and O–H groups in total. The van der Waals surface area contributed by atoms with Gasteiger partial charge in [-0.15, -0.1) is 0 Å². The molecule has 0 saturated carbocycles. The Balaban J connectivity index is 1.56. The van der Waals surface area contributed by atoms with E-state index in [9.17, 15) is 9.59 Å². The highest BCUT2D eigenvalue weighted by atomic mass is 16.2. The molecule has 0 amide bonds. The lowest BCUT2D eigenvalue weighted by Crippen LogP contribution is -2.44. The summed E-state index contributed by atoms with van der Waals surface area (Å²) in [7, 11) is 1.66. The molecule has 1 aliphatic heterocycles. The SMILES string of the molecule is CCn1c(N2CCCC(N)C2)nc2c1c(=O)n(Cc1nc3ncccc3c3ccccc13)c(=O)n2C. The fourth-order valence-electron chi connectivity index (χ4n) is 5.36. The van der Waals surface area contributed by atoms with Crippen molar-refractivity contribution in [3.8, 4) is 0 Å². The molecule has 1 fully saturated rings. The zero-order valence-electron chi connectivity index (χ0n) is 20.4. The smallest absolute Gasteiger partial charge is 0.332 e. The average Bonchev–Trinajstić information content (AvgIpc) is 3.30. The summed E-state index contributed by atoms with van der Waals surface area (Å²) in [5, 5.41) is 2.80. The van der Waals surface area contributed by atoms with Crippen molar-refractivity contribution in [2.24, 2.45) is 12.8 Å². The number of imidazole rings is 1. The van der Waals surface area contributed by atoms with E-state index >= 15 is 0 Å². The molecule has 1 aliphatic rings. The number of pyridine rings is 2. The lowest BCUT2D eigenvalue weighted by molar-refractivity contribution is 0.494. The summed E-state index contributed by atoms with van der Waals surface area (Å²) in [6.45, 7) is 4.05. The molecule has 0 spiro atoms. The van der Waals surface area contributed by atoms with Crippen LogP contribution in [0.5, 0.6) is 0 Å². The molecular formula is C26H28N8O2. The molecule has 1 aromatic carbocycles. The van der Waals surface area contributed by atoms with Crippen LogP contribution in [0.15, 0.2) is 52.2 Å². The molecule has 6 rings (SSSR count). The van der Waals surface area contributed by atoms with E-state index in [4.69, 9.17) is 15.7 Å². The third-order valence-electron chi connectivity index (χ3n) is 7.13. The van der Waals surface area contributed by atoms with Gasteiger partial charge >= 0.3 is 5.69 Å². The van der Waals surface area contributed by atoms with Crippen LogP contribution in [-0.4, -0.2) is 47.8 Å². The maximum Gasteiger partial charge on any atom is 0.332 e. The molecule has 0 radical (unpaired) electrons. The Labute approximate surface area is 206 Å². The van der Waals surface area contributed by atoms with E-state index in [1.54, 1.807) is 13.2 Å². The summed E-state index contributed by atoms with van der Waals surface area (Å²) < 4.78 is 4.61. The number of benzene rings is 1. The van der Waals surface area contributed by atoms with E-state index in [0.717, 1.165) is 35.5 Å². The quantitative estimate of drug-likeness (QED) is 0.388. The van der Waals surface area contributed by atoms with Crippen LogP contribution in [0, 0.1) is 0 Å². The van der Waals surface area contributed by atoms with Crippen LogP contribution in [0.2, 0.25) is 0 Å². The first-order valence-electron chi connectivity index (χ1n) is 12.3. The summed E-state index contributed by atoms with van der Waals surface area (Å²) in [5.41, 5.74) is 7.42. The van der Waals surface area contributed by atoms with E-state index < -0.39 is 5.69 Å². The van der Waals surface area contributed by atoms with Gasteiger partial charge in [-0.05, 0) is 37.3 Å². The maximum atomic E-state index is 13.8. The van der Waals surface area contributed by atoms with Gasteiger partial charge in [0.1, 0.15) is 0 Å². The molecule has 1 saturated heterocycles. The molecule has 4 aromatic heterocycles. The molecule has 5 heterocycles. The summed E-state index contributed by atoms with van der Waals surface area (Å²) in [4.78, 5) is 43.4. The van der Waals surface area contributed by atoms with E-state index in [1.165, 1.54) is 9.13 Å². The standard InChI is InChI=1S/C26H28N8O2/c1-3-33-21-23(30-25(33)32-13-7-8-16(27)14-32)31(2)26(36)34(24(21)35)15-20-18-10-5-4-9-17(18)19-11-6-12-28-22(19)29-20/h4-6,9-12,16H,3,7-8,13-15,27H2,1-2H3. The Morgan fingerprint density at radius 1 is 1.03 bits per heavy atom. The maximum absolute atomic E-state index is 13.8. The van der Waals surface area contributed by atoms with Gasteiger partial charge in [-0.1, -0.05) is 24.3 Å². The number of anilines is 1. The average molecular weight is 485 g/mol. The number of nitrogens with zero attached hydrogens (tertiary/aromatic N) is 7. The minimum atomic E-state index is -0.429. The van der Waals surface area contributed by atoms with Crippen molar-refractivity contribution < 1.29 is 0 Å². The van der Waals surface area contributed by atoms with E-state index in [1.807, 2.05) is 47.9 Å². The molecule has 0 bridgehead atoms. The first-order chi connectivity index (χ1) is 17.5. The summed E-state index contributed by atoms with van der Waals surface area (Å²) >= 11 is 0. The van der Waals surface area contributed by atoms with Gasteiger partial charge in [0.15, 0.2) is 16.8 Å². The highest BCUT2D eigenvalue weighted by Gasteiger charge is 2.26. The van der Waals surface area contributed by atoms with Gasteiger partial charge in [0.05, 0.1) is 12.2 Å². The van der Waals surface area contributed by atoms with Crippen molar-refractivity contribution in [2.45, 2.75) is 38.9 Å². The van der Waals surface area contributed by atoms with Crippen LogP contribution >= 0.6 is 0 Å². The van der Waals surface area contributed by atoms with Crippen LogP contribution in [0.3, 0.4) is 0 Å². The van der Waals surface area contributed by atoms with Crippen LogP contribution in [0.25, 0.3) is 33.0 Å². The predicted molar refractivity (Wildman–Crippen MR) is 140 cm³/mol. The predicted octanol–water partition coefficient (Wildman–Crippen LogP) is 1.99. The van der Waals surface area contributed by atoms with Gasteiger partial charge in [0, 0.05) is 49.7 Å². The second kappa shape index (κ2) is 8.56. The van der Waals surface area contributed by atoms with Crippen molar-refractivity contribution in [2.75, 3.05) is 18.0 Å². The number of hydrogen-bond donors (Lipinski definition) is 1. The Kier molecular flexibility index (Phi) is 5.33. The Morgan fingerprint density at radius 2 is 1.81 bits per heavy atom. The van der Waals surface area contributed by atoms with Gasteiger partial charge in [-0.25, -0.2) is 14.8 Å². The van der Waals surface area contributed by atoms with Crippen LogP contribution in [0.1, 0.15) is 25.5 Å². The molecule has 10 heteroatoms. The second-order valence-corrected chi connectivity index (χ2v) is 9.39. The fourth-order valence-corrected chi connectivity index (χ4v) is 5.36. The second-order valence-electron chi connectivity index (χ2n) is 9.39. The topological polar surface area (TPSA) is 117 Å². The zero-order chi connectivity index (χ0) is 25.0. The molecular weight excluding hydrogens is 456 g/mol. The molecule has 36 heavy (non-hydrogen) atoms. The number of aromatic nitrogens is 6. The molecule has 0 aliphatic carbocycles. The summed E-state index contributed by atoms with van der Waals surface area (Å²) in [6, 6.07) is 11.8. The normalized spacial score (nSPS) is 16.4. The number of nitrogens with two attached hydrogens (primary N) is 1. The van der Waals surface area contributed by atoms with E-state index in [-0.39, 0.29) is 18.1 Å². The molecule has 184 valence electrons. The number of rotatable bonds is 4. The van der Waals surface area contributed by atoms with Crippen molar-refractivity contribution >= 4 is 38.9 Å². The van der Waals surface area contributed by atoms with Gasteiger partial charge in [-0.3, -0.25) is 13.9 Å². The molecule has 1 unspecified atom stereocenters. The van der Waals surface area contributed by atoms with Crippen LogP contribution < -0.4 is 21.9 Å². The number of aryl methyl sites for hydroxylation is 2. The first kappa shape index (κ1) is 22.4. The van der Waals surface area contributed by atoms with Gasteiger partial charge in [0.25, 0.3) is 5.56 Å². The van der Waals surface area contributed by atoms with Gasteiger partial charge < -0.3 is 15.2 Å². The van der Waals surface area contributed by atoms with Crippen LogP contribution in [-0.2, 0) is 20.1 Å². The Bertz CT molecular complexity index is 1750. The number of hydrogen-bond acceptors (Lipinski definition) is 7. The zero-order valence-corrected chi connectivity index (χ0v) is 20.4. The van der Waals surface area contributed by atoms with Crippen LogP contribution in [0.4, 0.5) is 5.95 Å². The Hall–Kier alpha value is -4.05. The lowest BCUT2D eigenvalue weighted by atomic mass is 10.1. The third kappa shape index (κ3) is 3.40. The largest absolute Gasteiger partial charge is 0.341 e. The fraction of sp³-hybridized carbons (Fsp3) is 0.346. The Morgan fingerprint density at radius 3 is 2.58 bits per heavy atom. The third-order valence-corrected chi connectivity index (χ3v) is 7.13. The number of piperidine rings is 1. The minimum Gasteiger partial charge on any atom is -0.341 e. The van der Waals surface area contributed by atoms with E-state index in [0.29, 0.717) is 41.5 Å². The molecule has 10 nitrogen and oxygen atoms in total. The van der Waals surface area contributed by atoms with Crippen molar-refractivity contribution in [3.05, 3.63) is 69.1 Å². The minimum absolute atomic E-state index is 0.0350. The van der Waals surface area contributed by atoms with Crippen molar-refractivity contribution in [1.29, 1.82) is 0 Å². The van der Waals surface area contributed by atoms with E-state index in [2.05, 4.69) is 9.88 Å². The van der Waals surface area contributed by atoms with Gasteiger partial charge in [-0.2, -0.15) is 4.98 Å². The highest BCUT2D eigenvalue weighted by molar-refractivity contribution is 6.05. The number of fused-ring (bicyclic) bond motifs is 4. The monoisotopic (exact) mass is 484 g/mol. The van der Waals surface area contributed by atoms with Crippen molar-refractivity contribution in [3.63, 3.8) is 0 Å².